The van der Waals surface area contributed by atoms with Crippen LogP contribution in [0.4, 0.5) is 0 Å². The first-order valence-corrected chi connectivity index (χ1v) is 11.1. The van der Waals surface area contributed by atoms with Gasteiger partial charge in [-0.25, -0.2) is 9.97 Å². The molecule has 0 saturated heterocycles. The predicted molar refractivity (Wildman–Crippen MR) is 110 cm³/mol. The highest BCUT2D eigenvalue weighted by molar-refractivity contribution is 7.18. The molecule has 2 aromatic rings. The van der Waals surface area contributed by atoms with Crippen molar-refractivity contribution in [1.82, 2.24) is 14.9 Å². The van der Waals surface area contributed by atoms with Crippen LogP contribution in [0.1, 0.15) is 49.0 Å². The van der Waals surface area contributed by atoms with Gasteiger partial charge in [0, 0.05) is 10.9 Å². The number of carbonyl (C=O) groups excluding carboxylic acids is 1. The maximum absolute atomic E-state index is 10.4. The van der Waals surface area contributed by atoms with Crippen LogP contribution in [0.15, 0.2) is 6.33 Å². The van der Waals surface area contributed by atoms with Gasteiger partial charge in [0.1, 0.15) is 17.3 Å². The van der Waals surface area contributed by atoms with Gasteiger partial charge in [0.25, 0.3) is 6.47 Å². The van der Waals surface area contributed by atoms with Crippen molar-refractivity contribution in [3.8, 4) is 5.88 Å². The van der Waals surface area contributed by atoms with Crippen molar-refractivity contribution in [3.63, 3.8) is 0 Å². The number of thiophene rings is 1. The third kappa shape index (κ3) is 4.15. The van der Waals surface area contributed by atoms with E-state index in [1.165, 1.54) is 23.3 Å². The van der Waals surface area contributed by atoms with Crippen LogP contribution in [0.25, 0.3) is 10.2 Å². The Kier molecular flexibility index (Phi) is 6.11. The van der Waals surface area contributed by atoms with E-state index in [9.17, 15) is 4.79 Å². The fraction of sp³-hybridized carbons (Fsp3) is 0.667. The summed E-state index contributed by atoms with van der Waals surface area (Å²) in [4.78, 5) is 24.3. The van der Waals surface area contributed by atoms with E-state index in [-0.39, 0.29) is 6.10 Å². The molecule has 4 rings (SSSR count). The highest BCUT2D eigenvalue weighted by Crippen LogP contribution is 2.41. The SMILES string of the molecule is CN(C)C1CCC(Oc2ncnc3sc4c(c23)CC(CCOC=O)CC4)CC1. The number of nitrogens with zero attached hydrogens (tertiary/aromatic N) is 3. The van der Waals surface area contributed by atoms with E-state index < -0.39 is 0 Å². The van der Waals surface area contributed by atoms with Crippen LogP contribution < -0.4 is 4.74 Å². The summed E-state index contributed by atoms with van der Waals surface area (Å²) in [6, 6.07) is 0.661. The third-order valence-electron chi connectivity index (χ3n) is 6.27. The minimum absolute atomic E-state index is 0.241. The van der Waals surface area contributed by atoms with E-state index in [2.05, 4.69) is 29.0 Å². The van der Waals surface area contributed by atoms with Crippen LogP contribution in [0.5, 0.6) is 5.88 Å². The zero-order chi connectivity index (χ0) is 19.5. The Labute approximate surface area is 170 Å². The molecule has 2 aromatic heterocycles. The van der Waals surface area contributed by atoms with E-state index in [0.717, 1.165) is 54.6 Å². The predicted octanol–water partition coefficient (Wildman–Crippen LogP) is 3.61. The van der Waals surface area contributed by atoms with Crippen LogP contribution in [-0.4, -0.2) is 54.2 Å². The van der Waals surface area contributed by atoms with Crippen LogP contribution in [0.3, 0.4) is 0 Å². The summed E-state index contributed by atoms with van der Waals surface area (Å²) in [5.41, 5.74) is 1.36. The van der Waals surface area contributed by atoms with Gasteiger partial charge < -0.3 is 14.4 Å². The zero-order valence-electron chi connectivity index (χ0n) is 16.7. The Morgan fingerprint density at radius 2 is 2.04 bits per heavy atom. The van der Waals surface area contributed by atoms with Crippen LogP contribution in [0, 0.1) is 5.92 Å². The summed E-state index contributed by atoms with van der Waals surface area (Å²) in [6.45, 7) is 1.04. The second-order valence-electron chi connectivity index (χ2n) is 8.24. The molecule has 6 nitrogen and oxygen atoms in total. The molecule has 0 amide bonds. The van der Waals surface area contributed by atoms with Crippen molar-refractivity contribution in [3.05, 3.63) is 16.8 Å². The maximum atomic E-state index is 10.4. The molecule has 1 fully saturated rings. The first-order valence-electron chi connectivity index (χ1n) is 10.3. The molecule has 152 valence electrons. The van der Waals surface area contributed by atoms with Crippen LogP contribution in [-0.2, 0) is 22.4 Å². The molecule has 1 atom stereocenters. The molecule has 2 heterocycles. The number of fused-ring (bicyclic) bond motifs is 3. The second-order valence-corrected chi connectivity index (χ2v) is 9.32. The monoisotopic (exact) mass is 403 g/mol. The summed E-state index contributed by atoms with van der Waals surface area (Å²) >= 11 is 1.79. The standard InChI is InChI=1S/C21H29N3O3S/c1-24(2)15-4-6-16(7-5-15)27-20-19-17-11-14(9-10-26-13-25)3-8-18(17)28-21(19)23-12-22-20/h12-16H,3-11H2,1-2H3. The number of carbonyl (C=O) groups is 1. The molecule has 0 spiro atoms. The number of hydrogen-bond donors (Lipinski definition) is 0. The molecular weight excluding hydrogens is 374 g/mol. The summed E-state index contributed by atoms with van der Waals surface area (Å²) in [7, 11) is 4.32. The molecule has 1 unspecified atom stereocenters. The highest BCUT2D eigenvalue weighted by atomic mass is 32.1. The van der Waals surface area contributed by atoms with Crippen molar-refractivity contribution < 1.29 is 14.3 Å². The lowest BCUT2D eigenvalue weighted by Crippen LogP contribution is -2.35. The Balaban J connectivity index is 1.51. The topological polar surface area (TPSA) is 64.6 Å². The van der Waals surface area contributed by atoms with Gasteiger partial charge in [-0.05, 0) is 76.9 Å². The van der Waals surface area contributed by atoms with Crippen molar-refractivity contribution >= 4 is 28.0 Å². The average molecular weight is 404 g/mol. The van der Waals surface area contributed by atoms with Gasteiger partial charge in [-0.1, -0.05) is 0 Å². The number of aromatic nitrogens is 2. The molecule has 28 heavy (non-hydrogen) atoms. The summed E-state index contributed by atoms with van der Waals surface area (Å²) in [5.74, 6) is 1.30. The Morgan fingerprint density at radius 1 is 1.21 bits per heavy atom. The summed E-state index contributed by atoms with van der Waals surface area (Å²) in [6.07, 6.45) is 10.5. The number of hydrogen-bond acceptors (Lipinski definition) is 7. The summed E-state index contributed by atoms with van der Waals surface area (Å²) in [5, 5.41) is 1.12. The number of ether oxygens (including phenoxy) is 2. The van der Waals surface area contributed by atoms with Gasteiger partial charge in [0.15, 0.2) is 0 Å². The van der Waals surface area contributed by atoms with Gasteiger partial charge in [0.05, 0.1) is 12.0 Å². The highest BCUT2D eigenvalue weighted by Gasteiger charge is 2.28. The second kappa shape index (κ2) is 8.74. The lowest BCUT2D eigenvalue weighted by atomic mass is 9.85. The average Bonchev–Trinajstić information content (AvgIpc) is 3.07. The van der Waals surface area contributed by atoms with Crippen LogP contribution >= 0.6 is 11.3 Å². The molecule has 0 N–H and O–H groups in total. The smallest absolute Gasteiger partial charge is 0.293 e. The molecule has 7 heteroatoms. The summed E-state index contributed by atoms with van der Waals surface area (Å²) < 4.78 is 11.3. The van der Waals surface area contributed by atoms with Crippen LogP contribution in [0.2, 0.25) is 0 Å². The first kappa shape index (κ1) is 19.6. The fourth-order valence-electron chi connectivity index (χ4n) is 4.61. The largest absolute Gasteiger partial charge is 0.474 e. The van der Waals surface area contributed by atoms with Gasteiger partial charge >= 0.3 is 0 Å². The van der Waals surface area contributed by atoms with Crippen molar-refractivity contribution in [2.45, 2.75) is 63.5 Å². The molecular formula is C21H29N3O3S. The van der Waals surface area contributed by atoms with E-state index >= 15 is 0 Å². The van der Waals surface area contributed by atoms with Gasteiger partial charge in [-0.15, -0.1) is 11.3 Å². The quantitative estimate of drug-likeness (QED) is 0.520. The van der Waals surface area contributed by atoms with Crippen molar-refractivity contribution in [2.75, 3.05) is 20.7 Å². The molecule has 2 aliphatic carbocycles. The lowest BCUT2D eigenvalue weighted by Gasteiger charge is -2.32. The number of aryl methyl sites for hydroxylation is 1. The van der Waals surface area contributed by atoms with E-state index in [1.54, 1.807) is 17.7 Å². The molecule has 0 bridgehead atoms. The molecule has 0 aliphatic heterocycles. The molecule has 2 aliphatic rings. The number of rotatable bonds is 7. The molecule has 0 radical (unpaired) electrons. The van der Waals surface area contributed by atoms with Gasteiger partial charge in [-0.3, -0.25) is 4.79 Å². The first-order chi connectivity index (χ1) is 13.7. The third-order valence-corrected chi connectivity index (χ3v) is 7.47. The van der Waals surface area contributed by atoms with Crippen molar-refractivity contribution in [1.29, 1.82) is 0 Å². The van der Waals surface area contributed by atoms with E-state index in [0.29, 0.717) is 25.0 Å². The van der Waals surface area contributed by atoms with Gasteiger partial charge in [-0.2, -0.15) is 0 Å². The lowest BCUT2D eigenvalue weighted by molar-refractivity contribution is -0.129. The Hall–Kier alpha value is -1.73. The Morgan fingerprint density at radius 3 is 2.79 bits per heavy atom. The molecule has 0 aromatic carbocycles. The normalized spacial score (nSPS) is 24.9. The Bertz CT molecular complexity index is 815. The molecule has 1 saturated carbocycles. The fourth-order valence-corrected chi connectivity index (χ4v) is 5.78. The minimum atomic E-state index is 0.241. The minimum Gasteiger partial charge on any atom is -0.474 e. The van der Waals surface area contributed by atoms with Gasteiger partial charge in [0.2, 0.25) is 5.88 Å². The van der Waals surface area contributed by atoms with E-state index in [4.69, 9.17) is 9.47 Å². The van der Waals surface area contributed by atoms with Crippen molar-refractivity contribution in [2.24, 2.45) is 5.92 Å². The maximum Gasteiger partial charge on any atom is 0.293 e. The zero-order valence-corrected chi connectivity index (χ0v) is 17.5. The van der Waals surface area contributed by atoms with E-state index in [1.807, 2.05) is 0 Å².